The van der Waals surface area contributed by atoms with Crippen LogP contribution in [0.4, 0.5) is 56.6 Å². The highest BCUT2D eigenvalue weighted by atomic mass is 35.5. The van der Waals surface area contributed by atoms with Gasteiger partial charge < -0.3 is 64.1 Å². The van der Waals surface area contributed by atoms with E-state index >= 15 is 0 Å². The van der Waals surface area contributed by atoms with E-state index in [1.165, 1.54) is 36.8 Å². The molecule has 9 aromatic rings. The summed E-state index contributed by atoms with van der Waals surface area (Å²) in [5, 5.41) is 18.3. The Kier molecular flexibility index (Phi) is 25.0. The SMILES string of the molecule is Cl.NCCCC[C@@H](NC(=O)Cc1c[nH]c2cc(C(F)(F)F)ccc12)C(=O)Nc1ccc(C(c2ccc(NC(=O)[C@@H](CCCCN)NC(=O)Cc3c[nH]c4cc(C(F)(F)F)ccc34)cc2)c2ccc(NC(=O)[C@@H](CCCCN)NC(=O)Cc3c[nH]c4cc(C(F)(F)F)ccc34)cc2)cc1. The number of benzene rings is 6. The second-order valence-electron chi connectivity index (χ2n) is 23.7. The van der Waals surface area contributed by atoms with E-state index in [0.29, 0.717) is 125 Å². The van der Waals surface area contributed by atoms with Crippen molar-refractivity contribution in [2.75, 3.05) is 35.6 Å². The zero-order valence-electron chi connectivity index (χ0n) is 52.8. The lowest BCUT2D eigenvalue weighted by Gasteiger charge is -2.22. The number of halogens is 10. The first-order valence-electron chi connectivity index (χ1n) is 31.5. The van der Waals surface area contributed by atoms with Crippen LogP contribution in [-0.2, 0) is 66.6 Å². The van der Waals surface area contributed by atoms with Crippen LogP contribution in [0.15, 0.2) is 146 Å². The fraction of sp³-hybridized carbons (Fsp3) is 0.314. The monoisotopic (exact) mass is 1380 g/mol. The van der Waals surface area contributed by atoms with Gasteiger partial charge in [-0.25, -0.2) is 0 Å². The molecule has 28 heteroatoms. The zero-order chi connectivity index (χ0) is 69.6. The zero-order valence-corrected chi connectivity index (χ0v) is 53.6. The third kappa shape index (κ3) is 19.5. The predicted octanol–water partition coefficient (Wildman–Crippen LogP) is 12.2. The average molecular weight is 1390 g/mol. The molecular weight excluding hydrogens is 1310 g/mol. The van der Waals surface area contributed by atoms with Crippen molar-refractivity contribution in [3.8, 4) is 0 Å². The van der Waals surface area contributed by atoms with Crippen LogP contribution in [0.25, 0.3) is 32.7 Å². The molecule has 520 valence electrons. The molecule has 18 nitrogen and oxygen atoms in total. The van der Waals surface area contributed by atoms with Crippen molar-refractivity contribution in [3.05, 3.63) is 196 Å². The Bertz CT molecular complexity index is 3800. The molecule has 0 radical (unpaired) electrons. The number of amides is 6. The quantitative estimate of drug-likeness (QED) is 0.0116. The number of rotatable bonds is 30. The maximum absolute atomic E-state index is 14.0. The fourth-order valence-corrected chi connectivity index (χ4v) is 11.6. The molecule has 0 spiro atoms. The highest BCUT2D eigenvalue weighted by molar-refractivity contribution is 6.00. The number of unbranched alkanes of at least 4 members (excludes halogenated alkanes) is 3. The lowest BCUT2D eigenvalue weighted by molar-refractivity contribution is -0.138. The summed E-state index contributed by atoms with van der Waals surface area (Å²) < 4.78 is 121. The maximum Gasteiger partial charge on any atom is 0.416 e. The van der Waals surface area contributed by atoms with Gasteiger partial charge in [-0.3, -0.25) is 28.8 Å². The van der Waals surface area contributed by atoms with Gasteiger partial charge in [0.15, 0.2) is 0 Å². The summed E-state index contributed by atoms with van der Waals surface area (Å²) in [4.78, 5) is 91.1. The molecule has 0 saturated heterocycles. The second-order valence-corrected chi connectivity index (χ2v) is 23.7. The molecule has 0 aliphatic rings. The Balaban J connectivity index is 0.0000122. The molecule has 0 unspecified atom stereocenters. The van der Waals surface area contributed by atoms with Gasteiger partial charge in [-0.2, -0.15) is 39.5 Å². The summed E-state index contributed by atoms with van der Waals surface area (Å²) in [7, 11) is 0. The number of aromatic amines is 3. The average Bonchev–Trinajstić information content (AvgIpc) is 1.52. The largest absolute Gasteiger partial charge is 0.416 e. The molecule has 0 saturated carbocycles. The maximum atomic E-state index is 14.0. The number of aromatic nitrogens is 3. The first-order chi connectivity index (χ1) is 46.3. The van der Waals surface area contributed by atoms with Gasteiger partial charge in [-0.1, -0.05) is 54.6 Å². The van der Waals surface area contributed by atoms with E-state index in [1.54, 1.807) is 72.8 Å². The van der Waals surface area contributed by atoms with Crippen molar-refractivity contribution in [1.82, 2.24) is 30.9 Å². The molecule has 0 aliphatic carbocycles. The van der Waals surface area contributed by atoms with Crippen molar-refractivity contribution in [2.45, 2.75) is 120 Å². The van der Waals surface area contributed by atoms with Crippen LogP contribution in [0.3, 0.4) is 0 Å². The van der Waals surface area contributed by atoms with Gasteiger partial charge in [0.25, 0.3) is 0 Å². The highest BCUT2D eigenvalue weighted by Crippen LogP contribution is 2.37. The Hall–Kier alpha value is -9.70. The Morgan fingerprint density at radius 2 is 0.622 bits per heavy atom. The lowest BCUT2D eigenvalue weighted by atomic mass is 9.85. The highest BCUT2D eigenvalue weighted by Gasteiger charge is 2.34. The summed E-state index contributed by atoms with van der Waals surface area (Å²) in [6, 6.07) is 27.2. The van der Waals surface area contributed by atoms with Crippen LogP contribution >= 0.6 is 12.4 Å². The summed E-state index contributed by atoms with van der Waals surface area (Å²) in [6.45, 7) is 0.995. The van der Waals surface area contributed by atoms with E-state index in [4.69, 9.17) is 17.2 Å². The van der Waals surface area contributed by atoms with E-state index in [2.05, 4.69) is 46.9 Å². The second kappa shape index (κ2) is 33.0. The number of H-pyrrole nitrogens is 3. The van der Waals surface area contributed by atoms with Crippen LogP contribution < -0.4 is 49.1 Å². The number of hydrogen-bond acceptors (Lipinski definition) is 9. The van der Waals surface area contributed by atoms with Gasteiger partial charge in [0.2, 0.25) is 35.4 Å². The Morgan fingerprint density at radius 1 is 0.367 bits per heavy atom. The summed E-state index contributed by atoms with van der Waals surface area (Å²) in [5.74, 6) is -3.82. The van der Waals surface area contributed by atoms with Crippen LogP contribution in [0.1, 0.15) is 114 Å². The normalized spacial score (nSPS) is 12.8. The van der Waals surface area contributed by atoms with Crippen molar-refractivity contribution in [2.24, 2.45) is 17.2 Å². The van der Waals surface area contributed by atoms with E-state index in [0.717, 1.165) is 36.4 Å². The minimum atomic E-state index is -4.57. The Morgan fingerprint density at radius 3 is 0.857 bits per heavy atom. The number of fused-ring (bicyclic) bond motifs is 3. The number of hydrogen-bond donors (Lipinski definition) is 12. The molecule has 0 bridgehead atoms. The smallest absolute Gasteiger partial charge is 0.361 e. The van der Waals surface area contributed by atoms with Crippen LogP contribution in [0.2, 0.25) is 0 Å². The minimum Gasteiger partial charge on any atom is -0.361 e. The molecular formula is C70H74ClF9N12O6. The third-order valence-corrected chi connectivity index (χ3v) is 16.7. The first kappa shape index (κ1) is 74.1. The predicted molar refractivity (Wildman–Crippen MR) is 359 cm³/mol. The first-order valence-corrected chi connectivity index (χ1v) is 31.5. The molecule has 6 amide bonds. The van der Waals surface area contributed by atoms with Gasteiger partial charge in [-0.15, -0.1) is 12.4 Å². The molecule has 3 aromatic heterocycles. The number of anilines is 3. The van der Waals surface area contributed by atoms with Gasteiger partial charge in [0, 0.05) is 74.3 Å². The summed E-state index contributed by atoms with van der Waals surface area (Å²) >= 11 is 0. The van der Waals surface area contributed by atoms with E-state index in [9.17, 15) is 68.3 Å². The van der Waals surface area contributed by atoms with Gasteiger partial charge in [0.1, 0.15) is 18.1 Å². The third-order valence-electron chi connectivity index (χ3n) is 16.7. The number of carbonyl (C=O) groups is 6. The van der Waals surface area contributed by atoms with Crippen molar-refractivity contribution >= 4 is 97.6 Å². The van der Waals surface area contributed by atoms with Crippen LogP contribution in [0.5, 0.6) is 0 Å². The molecule has 3 atom stereocenters. The molecule has 3 heterocycles. The molecule has 6 aromatic carbocycles. The van der Waals surface area contributed by atoms with Crippen molar-refractivity contribution < 1.29 is 68.3 Å². The van der Waals surface area contributed by atoms with Gasteiger partial charge in [-0.05, 0) is 184 Å². The summed E-state index contributed by atoms with van der Waals surface area (Å²) in [5.41, 5.74) is 19.8. The molecule has 0 fully saturated rings. The van der Waals surface area contributed by atoms with E-state index in [-0.39, 0.29) is 67.5 Å². The number of nitrogens with one attached hydrogen (secondary N) is 9. The summed E-state index contributed by atoms with van der Waals surface area (Å²) in [6.07, 6.45) is -6.33. The minimum absolute atomic E-state index is 0. The molecule has 9 rings (SSSR count). The number of nitrogens with two attached hydrogens (primary N) is 3. The fourth-order valence-electron chi connectivity index (χ4n) is 11.6. The number of carbonyl (C=O) groups excluding carboxylic acids is 6. The van der Waals surface area contributed by atoms with E-state index in [1.807, 2.05) is 0 Å². The lowest BCUT2D eigenvalue weighted by Crippen LogP contribution is -2.44. The van der Waals surface area contributed by atoms with Crippen LogP contribution in [0, 0.1) is 0 Å². The molecule has 15 N–H and O–H groups in total. The van der Waals surface area contributed by atoms with Gasteiger partial charge in [0.05, 0.1) is 36.0 Å². The van der Waals surface area contributed by atoms with E-state index < -0.39 is 94.7 Å². The molecule has 98 heavy (non-hydrogen) atoms. The van der Waals surface area contributed by atoms with Crippen molar-refractivity contribution in [1.29, 1.82) is 0 Å². The number of alkyl halides is 9. The molecule has 0 aliphatic heterocycles. The topological polar surface area (TPSA) is 300 Å². The van der Waals surface area contributed by atoms with Crippen molar-refractivity contribution in [3.63, 3.8) is 0 Å². The Labute approximate surface area is 563 Å². The standard InChI is InChI=1S/C70H73F9N12O6.ClH/c71-68(72,73)46-16-25-52-43(37-83-58(52)34-46)31-61(92)89-55(7-1-4-28-80)65(95)86-49-19-10-40(11-20-49)64(41-12-21-50(22-13-41)87-66(96)56(8-2-5-29-81)90-62(93)32-44-38-84-59-35-47(69(74,75)76)17-26-53(44)59)42-14-23-51(24-15-42)88-67(97)57(9-3-6-30-82)91-63(94)33-45-39-85-60-36-48(70(77,78)79)18-27-54(45)60;/h10-27,34-39,55-57,64,83-85H,1-9,28-33,80-82H2,(H,86,95)(H,87,96)(H,88,97)(H,89,92)(H,90,93)(H,91,94);1H/t55-,56-,57-;/m1./s1. The van der Waals surface area contributed by atoms with Gasteiger partial charge >= 0.3 is 18.5 Å². The van der Waals surface area contributed by atoms with Crippen LogP contribution in [-0.4, -0.2) is 88.2 Å².